The SMILES string of the molecule is Clc1ccccc1CNC1CCc2ccccc2C1. The van der Waals surface area contributed by atoms with Crippen LogP contribution in [0.15, 0.2) is 48.5 Å². The first-order valence-corrected chi connectivity index (χ1v) is 7.24. The van der Waals surface area contributed by atoms with Crippen molar-refractivity contribution in [1.29, 1.82) is 0 Å². The van der Waals surface area contributed by atoms with Crippen molar-refractivity contribution >= 4 is 11.6 Å². The highest BCUT2D eigenvalue weighted by molar-refractivity contribution is 6.31. The average Bonchev–Trinajstić information content (AvgIpc) is 2.46. The van der Waals surface area contributed by atoms with Crippen LogP contribution >= 0.6 is 11.6 Å². The monoisotopic (exact) mass is 271 g/mol. The van der Waals surface area contributed by atoms with Gasteiger partial charge in [-0.2, -0.15) is 0 Å². The van der Waals surface area contributed by atoms with Crippen LogP contribution in [0.3, 0.4) is 0 Å². The Hall–Kier alpha value is -1.31. The summed E-state index contributed by atoms with van der Waals surface area (Å²) in [6.45, 7) is 0.854. The topological polar surface area (TPSA) is 12.0 Å². The van der Waals surface area contributed by atoms with Crippen molar-refractivity contribution in [2.45, 2.75) is 31.8 Å². The summed E-state index contributed by atoms with van der Waals surface area (Å²) in [7, 11) is 0. The second kappa shape index (κ2) is 5.77. The van der Waals surface area contributed by atoms with Crippen molar-refractivity contribution in [1.82, 2.24) is 5.32 Å². The molecule has 1 aliphatic rings. The van der Waals surface area contributed by atoms with E-state index in [4.69, 9.17) is 11.6 Å². The molecule has 0 aliphatic heterocycles. The van der Waals surface area contributed by atoms with Crippen molar-refractivity contribution in [2.75, 3.05) is 0 Å². The fourth-order valence-electron chi connectivity index (χ4n) is 2.77. The Bertz CT molecular complexity index is 565. The summed E-state index contributed by atoms with van der Waals surface area (Å²) in [6.07, 6.45) is 3.51. The molecule has 0 saturated heterocycles. The van der Waals surface area contributed by atoms with Crippen LogP contribution in [-0.4, -0.2) is 6.04 Å². The molecular formula is C17H18ClN. The lowest BCUT2D eigenvalue weighted by molar-refractivity contribution is 0.458. The maximum absolute atomic E-state index is 6.18. The van der Waals surface area contributed by atoms with Crippen LogP contribution in [0.1, 0.15) is 23.1 Å². The molecule has 1 atom stereocenters. The third-order valence-corrected chi connectivity index (χ3v) is 4.25. The van der Waals surface area contributed by atoms with Gasteiger partial charge in [-0.1, -0.05) is 54.1 Å². The highest BCUT2D eigenvalue weighted by Crippen LogP contribution is 2.22. The lowest BCUT2D eigenvalue weighted by atomic mass is 9.88. The summed E-state index contributed by atoms with van der Waals surface area (Å²) in [4.78, 5) is 0. The number of benzene rings is 2. The summed E-state index contributed by atoms with van der Waals surface area (Å²) in [5.74, 6) is 0. The molecule has 0 radical (unpaired) electrons. The molecule has 0 fully saturated rings. The smallest absolute Gasteiger partial charge is 0.0450 e. The molecule has 1 aliphatic carbocycles. The highest BCUT2D eigenvalue weighted by atomic mass is 35.5. The molecule has 19 heavy (non-hydrogen) atoms. The van der Waals surface area contributed by atoms with Crippen LogP contribution in [0.5, 0.6) is 0 Å². The molecule has 0 spiro atoms. The Morgan fingerprint density at radius 2 is 1.74 bits per heavy atom. The number of hydrogen-bond donors (Lipinski definition) is 1. The zero-order valence-corrected chi connectivity index (χ0v) is 11.7. The van der Waals surface area contributed by atoms with E-state index in [2.05, 4.69) is 35.6 Å². The zero-order chi connectivity index (χ0) is 13.1. The summed E-state index contributed by atoms with van der Waals surface area (Å²) in [5.41, 5.74) is 4.19. The molecule has 2 aromatic carbocycles. The maximum Gasteiger partial charge on any atom is 0.0450 e. The molecule has 0 heterocycles. The van der Waals surface area contributed by atoms with Crippen LogP contribution in [0.4, 0.5) is 0 Å². The molecule has 98 valence electrons. The van der Waals surface area contributed by atoms with Gasteiger partial charge in [0.1, 0.15) is 0 Å². The van der Waals surface area contributed by atoms with Gasteiger partial charge >= 0.3 is 0 Å². The predicted molar refractivity (Wildman–Crippen MR) is 80.5 cm³/mol. The van der Waals surface area contributed by atoms with Crippen molar-refractivity contribution in [2.24, 2.45) is 0 Å². The molecule has 0 aromatic heterocycles. The minimum absolute atomic E-state index is 0.561. The minimum Gasteiger partial charge on any atom is -0.310 e. The van der Waals surface area contributed by atoms with Crippen LogP contribution in [0.25, 0.3) is 0 Å². The summed E-state index contributed by atoms with van der Waals surface area (Å²) in [5, 5.41) is 4.49. The van der Waals surface area contributed by atoms with Crippen molar-refractivity contribution in [3.8, 4) is 0 Å². The standard InChI is InChI=1S/C17H18ClN/c18-17-8-4-3-7-15(17)12-19-16-10-9-13-5-1-2-6-14(13)11-16/h1-8,16,19H,9-12H2. The summed E-state index contributed by atoms with van der Waals surface area (Å²) >= 11 is 6.18. The average molecular weight is 272 g/mol. The number of fused-ring (bicyclic) bond motifs is 1. The maximum atomic E-state index is 6.18. The molecular weight excluding hydrogens is 254 g/mol. The first-order valence-electron chi connectivity index (χ1n) is 6.86. The van der Waals surface area contributed by atoms with E-state index in [0.717, 1.165) is 18.0 Å². The van der Waals surface area contributed by atoms with Gasteiger partial charge in [0, 0.05) is 17.6 Å². The second-order valence-electron chi connectivity index (χ2n) is 5.18. The van der Waals surface area contributed by atoms with E-state index >= 15 is 0 Å². The van der Waals surface area contributed by atoms with Crippen LogP contribution < -0.4 is 5.32 Å². The third-order valence-electron chi connectivity index (χ3n) is 3.89. The van der Waals surface area contributed by atoms with Gasteiger partial charge in [-0.3, -0.25) is 0 Å². The lowest BCUT2D eigenvalue weighted by Crippen LogP contribution is -2.34. The number of halogens is 1. The van der Waals surface area contributed by atoms with E-state index in [1.54, 1.807) is 0 Å². The van der Waals surface area contributed by atoms with Crippen LogP contribution in [0.2, 0.25) is 5.02 Å². The van der Waals surface area contributed by atoms with Crippen LogP contribution in [0, 0.1) is 0 Å². The first kappa shape index (κ1) is 12.7. The highest BCUT2D eigenvalue weighted by Gasteiger charge is 2.17. The number of nitrogens with one attached hydrogen (secondary N) is 1. The van der Waals surface area contributed by atoms with E-state index in [-0.39, 0.29) is 0 Å². The number of rotatable bonds is 3. The minimum atomic E-state index is 0.561. The fraction of sp³-hybridized carbons (Fsp3) is 0.294. The Kier molecular flexibility index (Phi) is 3.86. The van der Waals surface area contributed by atoms with E-state index < -0.39 is 0 Å². The van der Waals surface area contributed by atoms with Crippen molar-refractivity contribution < 1.29 is 0 Å². The number of aryl methyl sites for hydroxylation is 1. The van der Waals surface area contributed by atoms with Crippen molar-refractivity contribution in [3.05, 3.63) is 70.2 Å². The van der Waals surface area contributed by atoms with Gasteiger partial charge < -0.3 is 5.32 Å². The molecule has 3 rings (SSSR count). The van der Waals surface area contributed by atoms with Gasteiger partial charge in [-0.25, -0.2) is 0 Å². The Labute approximate surface area is 119 Å². The fourth-order valence-corrected chi connectivity index (χ4v) is 2.97. The van der Waals surface area contributed by atoms with E-state index in [1.807, 2.05) is 18.2 Å². The van der Waals surface area contributed by atoms with Gasteiger partial charge in [-0.15, -0.1) is 0 Å². The Morgan fingerprint density at radius 1 is 1.00 bits per heavy atom. The molecule has 2 heteroatoms. The van der Waals surface area contributed by atoms with Gasteiger partial charge in [0.05, 0.1) is 0 Å². The molecule has 0 bridgehead atoms. The third kappa shape index (κ3) is 2.99. The van der Waals surface area contributed by atoms with Crippen molar-refractivity contribution in [3.63, 3.8) is 0 Å². The zero-order valence-electron chi connectivity index (χ0n) is 10.9. The molecule has 1 N–H and O–H groups in total. The van der Waals surface area contributed by atoms with E-state index in [1.165, 1.54) is 29.5 Å². The largest absolute Gasteiger partial charge is 0.310 e. The molecule has 0 saturated carbocycles. The molecule has 2 aromatic rings. The summed E-state index contributed by atoms with van der Waals surface area (Å²) in [6, 6.07) is 17.4. The van der Waals surface area contributed by atoms with Gasteiger partial charge in [0.15, 0.2) is 0 Å². The second-order valence-corrected chi connectivity index (χ2v) is 5.59. The first-order chi connectivity index (χ1) is 9.33. The molecule has 1 nitrogen and oxygen atoms in total. The predicted octanol–water partition coefficient (Wildman–Crippen LogP) is 3.99. The quantitative estimate of drug-likeness (QED) is 0.890. The van der Waals surface area contributed by atoms with Crippen LogP contribution in [-0.2, 0) is 19.4 Å². The lowest BCUT2D eigenvalue weighted by Gasteiger charge is -2.25. The molecule has 0 amide bonds. The normalized spacial score (nSPS) is 18.1. The Morgan fingerprint density at radius 3 is 2.58 bits per heavy atom. The summed E-state index contributed by atoms with van der Waals surface area (Å²) < 4.78 is 0. The van der Waals surface area contributed by atoms with E-state index in [0.29, 0.717) is 6.04 Å². The number of hydrogen-bond acceptors (Lipinski definition) is 1. The van der Waals surface area contributed by atoms with Gasteiger partial charge in [0.25, 0.3) is 0 Å². The van der Waals surface area contributed by atoms with Gasteiger partial charge in [0.2, 0.25) is 0 Å². The Balaban J connectivity index is 1.62. The van der Waals surface area contributed by atoms with E-state index in [9.17, 15) is 0 Å². The molecule has 1 unspecified atom stereocenters. The van der Waals surface area contributed by atoms with Gasteiger partial charge in [-0.05, 0) is 42.0 Å².